The first-order chi connectivity index (χ1) is 15.1. The molecule has 1 aliphatic rings. The maximum atomic E-state index is 12.4. The SMILES string of the molecule is Cc1nnc(SCC(=O)NCc2cccc(N3CCOC3=O)c2)n1Cc1ccccc1. The number of anilines is 1. The molecule has 0 saturated carbocycles. The number of ether oxygens (including phenoxy) is 1. The molecule has 0 aliphatic carbocycles. The number of cyclic esters (lactones) is 1. The van der Waals surface area contributed by atoms with E-state index in [1.165, 1.54) is 11.8 Å². The summed E-state index contributed by atoms with van der Waals surface area (Å²) in [5.41, 5.74) is 2.84. The van der Waals surface area contributed by atoms with Crippen LogP contribution in [0.3, 0.4) is 0 Å². The molecule has 3 aromatic rings. The van der Waals surface area contributed by atoms with E-state index < -0.39 is 0 Å². The number of benzene rings is 2. The van der Waals surface area contributed by atoms with Crippen molar-refractivity contribution < 1.29 is 14.3 Å². The van der Waals surface area contributed by atoms with Gasteiger partial charge in [0.15, 0.2) is 5.16 Å². The first-order valence-corrected chi connectivity index (χ1v) is 10.9. The maximum absolute atomic E-state index is 12.4. The fourth-order valence-electron chi connectivity index (χ4n) is 3.26. The molecule has 31 heavy (non-hydrogen) atoms. The van der Waals surface area contributed by atoms with E-state index in [1.54, 1.807) is 4.90 Å². The highest BCUT2D eigenvalue weighted by molar-refractivity contribution is 7.99. The van der Waals surface area contributed by atoms with Crippen molar-refractivity contribution in [3.8, 4) is 0 Å². The van der Waals surface area contributed by atoms with Crippen molar-refractivity contribution >= 4 is 29.4 Å². The number of aryl methyl sites for hydroxylation is 1. The molecule has 1 N–H and O–H groups in total. The Labute approximate surface area is 184 Å². The molecule has 1 saturated heterocycles. The maximum Gasteiger partial charge on any atom is 0.414 e. The van der Waals surface area contributed by atoms with Crippen molar-refractivity contribution in [2.24, 2.45) is 0 Å². The third kappa shape index (κ3) is 5.24. The molecule has 4 rings (SSSR count). The van der Waals surface area contributed by atoms with Gasteiger partial charge in [0.25, 0.3) is 0 Å². The highest BCUT2D eigenvalue weighted by Gasteiger charge is 2.23. The zero-order valence-corrected chi connectivity index (χ0v) is 18.0. The molecule has 0 radical (unpaired) electrons. The van der Waals surface area contributed by atoms with Crippen LogP contribution in [0, 0.1) is 6.92 Å². The monoisotopic (exact) mass is 437 g/mol. The van der Waals surface area contributed by atoms with Crippen molar-refractivity contribution in [2.45, 2.75) is 25.2 Å². The number of aromatic nitrogens is 3. The Morgan fingerprint density at radius 3 is 2.71 bits per heavy atom. The van der Waals surface area contributed by atoms with E-state index in [0.717, 1.165) is 22.6 Å². The molecule has 2 aromatic carbocycles. The summed E-state index contributed by atoms with van der Waals surface area (Å²) < 4.78 is 6.99. The molecule has 1 aliphatic heterocycles. The van der Waals surface area contributed by atoms with Crippen LogP contribution >= 0.6 is 11.8 Å². The van der Waals surface area contributed by atoms with Crippen LogP contribution in [-0.4, -0.2) is 45.7 Å². The number of nitrogens with zero attached hydrogens (tertiary/aromatic N) is 4. The van der Waals surface area contributed by atoms with Gasteiger partial charge in [-0.05, 0) is 30.2 Å². The summed E-state index contributed by atoms with van der Waals surface area (Å²) >= 11 is 1.36. The van der Waals surface area contributed by atoms with Gasteiger partial charge in [-0.15, -0.1) is 10.2 Å². The summed E-state index contributed by atoms with van der Waals surface area (Å²) in [5, 5.41) is 12.0. The second kappa shape index (κ2) is 9.65. The minimum Gasteiger partial charge on any atom is -0.447 e. The topological polar surface area (TPSA) is 89.4 Å². The lowest BCUT2D eigenvalue weighted by atomic mass is 10.2. The minimum absolute atomic E-state index is 0.0945. The average Bonchev–Trinajstić information content (AvgIpc) is 3.37. The van der Waals surface area contributed by atoms with Gasteiger partial charge in [-0.1, -0.05) is 54.2 Å². The lowest BCUT2D eigenvalue weighted by Gasteiger charge is -2.14. The van der Waals surface area contributed by atoms with Gasteiger partial charge < -0.3 is 14.6 Å². The first kappa shape index (κ1) is 20.9. The molecule has 9 heteroatoms. The summed E-state index contributed by atoms with van der Waals surface area (Å²) in [6, 6.07) is 17.6. The standard InChI is InChI=1S/C22H23N5O3S/c1-16-24-25-21(27(16)14-17-6-3-2-4-7-17)31-15-20(28)23-13-18-8-5-9-19(12-18)26-10-11-30-22(26)29/h2-9,12H,10-11,13-15H2,1H3,(H,23,28). The van der Waals surface area contributed by atoms with Crippen LogP contribution in [-0.2, 0) is 22.6 Å². The Morgan fingerprint density at radius 2 is 1.94 bits per heavy atom. The number of hydrogen-bond donors (Lipinski definition) is 1. The van der Waals surface area contributed by atoms with Crippen LogP contribution < -0.4 is 10.2 Å². The highest BCUT2D eigenvalue weighted by Crippen LogP contribution is 2.21. The quantitative estimate of drug-likeness (QED) is 0.545. The summed E-state index contributed by atoms with van der Waals surface area (Å²) in [4.78, 5) is 25.7. The fourth-order valence-corrected chi connectivity index (χ4v) is 4.07. The summed E-state index contributed by atoms with van der Waals surface area (Å²) in [6.07, 6.45) is -0.340. The number of hydrogen-bond acceptors (Lipinski definition) is 6. The molecule has 2 amide bonds. The van der Waals surface area contributed by atoms with Crippen molar-refractivity contribution in [1.82, 2.24) is 20.1 Å². The van der Waals surface area contributed by atoms with E-state index in [2.05, 4.69) is 27.6 Å². The summed E-state index contributed by atoms with van der Waals surface area (Å²) in [7, 11) is 0. The van der Waals surface area contributed by atoms with Crippen LogP contribution in [0.15, 0.2) is 59.8 Å². The molecule has 2 heterocycles. The molecule has 160 valence electrons. The molecule has 0 spiro atoms. The molecule has 0 atom stereocenters. The second-order valence-electron chi connectivity index (χ2n) is 7.10. The third-order valence-corrected chi connectivity index (χ3v) is 5.86. The Kier molecular flexibility index (Phi) is 6.51. The number of thioether (sulfide) groups is 1. The summed E-state index contributed by atoms with van der Waals surface area (Å²) in [6.45, 7) is 3.88. The van der Waals surface area contributed by atoms with Crippen molar-refractivity contribution in [3.63, 3.8) is 0 Å². The smallest absolute Gasteiger partial charge is 0.414 e. The van der Waals surface area contributed by atoms with Crippen LogP contribution in [0.4, 0.5) is 10.5 Å². The van der Waals surface area contributed by atoms with Crippen LogP contribution in [0.25, 0.3) is 0 Å². The lowest BCUT2D eigenvalue weighted by molar-refractivity contribution is -0.118. The Morgan fingerprint density at radius 1 is 1.13 bits per heavy atom. The largest absolute Gasteiger partial charge is 0.447 e. The van der Waals surface area contributed by atoms with Gasteiger partial charge in [-0.25, -0.2) is 4.79 Å². The lowest BCUT2D eigenvalue weighted by Crippen LogP contribution is -2.26. The molecule has 8 nitrogen and oxygen atoms in total. The van der Waals surface area contributed by atoms with Crippen LogP contribution in [0.2, 0.25) is 0 Å². The van der Waals surface area contributed by atoms with E-state index in [4.69, 9.17) is 4.74 Å². The molecule has 0 bridgehead atoms. The molecule has 1 fully saturated rings. The van der Waals surface area contributed by atoms with Gasteiger partial charge in [-0.2, -0.15) is 0 Å². The van der Waals surface area contributed by atoms with E-state index in [9.17, 15) is 9.59 Å². The van der Waals surface area contributed by atoms with Gasteiger partial charge >= 0.3 is 6.09 Å². The third-order valence-electron chi connectivity index (χ3n) is 4.89. The zero-order chi connectivity index (χ0) is 21.6. The number of carbonyl (C=O) groups is 2. The van der Waals surface area contributed by atoms with Gasteiger partial charge in [0.05, 0.1) is 18.8 Å². The van der Waals surface area contributed by atoms with Crippen molar-refractivity contribution in [1.29, 1.82) is 0 Å². The normalized spacial score (nSPS) is 13.3. The molecular weight excluding hydrogens is 414 g/mol. The second-order valence-corrected chi connectivity index (χ2v) is 8.05. The van der Waals surface area contributed by atoms with Gasteiger partial charge in [0, 0.05) is 12.2 Å². The zero-order valence-electron chi connectivity index (χ0n) is 17.2. The predicted octanol–water partition coefficient (Wildman–Crippen LogP) is 3.00. The Bertz CT molecular complexity index is 1070. The average molecular weight is 438 g/mol. The van der Waals surface area contributed by atoms with E-state index >= 15 is 0 Å². The predicted molar refractivity (Wildman–Crippen MR) is 118 cm³/mol. The fraction of sp³-hybridized carbons (Fsp3) is 0.273. The van der Waals surface area contributed by atoms with E-state index in [1.807, 2.05) is 54.0 Å². The van der Waals surface area contributed by atoms with E-state index in [-0.39, 0.29) is 17.8 Å². The summed E-state index contributed by atoms with van der Waals surface area (Å²) in [5.74, 6) is 0.956. The van der Waals surface area contributed by atoms with Crippen molar-refractivity contribution in [3.05, 3.63) is 71.5 Å². The number of nitrogens with one attached hydrogen (secondary N) is 1. The van der Waals surface area contributed by atoms with Gasteiger partial charge in [0.1, 0.15) is 12.4 Å². The Balaban J connectivity index is 1.31. The Hall–Kier alpha value is -3.33. The molecule has 1 aromatic heterocycles. The van der Waals surface area contributed by atoms with E-state index in [0.29, 0.717) is 31.4 Å². The minimum atomic E-state index is -0.340. The van der Waals surface area contributed by atoms with Crippen LogP contribution in [0.5, 0.6) is 0 Å². The van der Waals surface area contributed by atoms with Crippen LogP contribution in [0.1, 0.15) is 17.0 Å². The van der Waals surface area contributed by atoms with Gasteiger partial charge in [0.2, 0.25) is 5.91 Å². The number of rotatable bonds is 8. The highest BCUT2D eigenvalue weighted by atomic mass is 32.2. The number of carbonyl (C=O) groups excluding carboxylic acids is 2. The first-order valence-electron chi connectivity index (χ1n) is 9.96. The van der Waals surface area contributed by atoms with Gasteiger partial charge in [-0.3, -0.25) is 9.69 Å². The molecule has 0 unspecified atom stereocenters. The number of amides is 2. The molecular formula is C22H23N5O3S. The van der Waals surface area contributed by atoms with Crippen molar-refractivity contribution in [2.75, 3.05) is 23.8 Å².